The Kier molecular flexibility index (Phi) is 2.92. The summed E-state index contributed by atoms with van der Waals surface area (Å²) in [5.41, 5.74) is 9.18. The van der Waals surface area contributed by atoms with E-state index in [1.54, 1.807) is 0 Å². The molecule has 0 unspecified atom stereocenters. The normalized spacial score (nSPS) is 9.08. The van der Waals surface area contributed by atoms with Crippen LogP contribution in [0.15, 0.2) is 9.59 Å². The van der Waals surface area contributed by atoms with E-state index >= 15 is 0 Å². The van der Waals surface area contributed by atoms with Crippen molar-refractivity contribution in [1.29, 1.82) is 0 Å². The predicted octanol–water partition coefficient (Wildman–Crippen LogP) is -1.34. The number of nitrogens with two attached hydrogens (primary N) is 2. The summed E-state index contributed by atoms with van der Waals surface area (Å²) in [6, 6.07) is 0. The van der Waals surface area contributed by atoms with Gasteiger partial charge in [0, 0.05) is 7.05 Å². The average Bonchev–Trinajstić information content (AvgIpc) is 1.97. The summed E-state index contributed by atoms with van der Waals surface area (Å²) in [4.78, 5) is 23.5. The largest absolute Gasteiger partial charge is 0.391 e. The van der Waals surface area contributed by atoms with Crippen molar-refractivity contribution in [2.45, 2.75) is 0 Å². The van der Waals surface area contributed by atoms with Crippen molar-refractivity contribution < 1.29 is 0 Å². The van der Waals surface area contributed by atoms with Crippen molar-refractivity contribution in [3.05, 3.63) is 20.8 Å². The summed E-state index contributed by atoms with van der Waals surface area (Å²) in [5, 5.41) is 0. The third-order valence-electron chi connectivity index (χ3n) is 1.41. The first-order chi connectivity index (χ1) is 5.04. The van der Waals surface area contributed by atoms with Gasteiger partial charge in [-0.25, -0.2) is 4.79 Å². The highest BCUT2D eigenvalue weighted by atomic mass is 35.5. The molecule has 0 spiro atoms. The van der Waals surface area contributed by atoms with Crippen LogP contribution in [0.4, 0.5) is 11.5 Å². The number of halogens is 1. The number of aromatic nitrogens is 2. The smallest absolute Gasteiger partial charge is 0.329 e. The lowest BCUT2D eigenvalue weighted by Gasteiger charge is -2.02. The third-order valence-corrected chi connectivity index (χ3v) is 1.41. The van der Waals surface area contributed by atoms with Crippen molar-refractivity contribution in [1.82, 2.24) is 9.55 Å². The molecule has 0 aliphatic heterocycles. The van der Waals surface area contributed by atoms with Crippen LogP contribution in [0.3, 0.4) is 0 Å². The molecule has 1 heterocycles. The molecular weight excluding hydrogens is 184 g/mol. The fourth-order valence-electron chi connectivity index (χ4n) is 0.655. The summed E-state index contributed by atoms with van der Waals surface area (Å²) in [5.74, 6) is -0.0150. The minimum atomic E-state index is -0.648. The van der Waals surface area contributed by atoms with Crippen LogP contribution >= 0.6 is 12.4 Å². The van der Waals surface area contributed by atoms with E-state index in [-0.39, 0.29) is 23.9 Å². The Balaban J connectivity index is 0.00000121. The zero-order chi connectivity index (χ0) is 8.59. The minimum Gasteiger partial charge on any atom is -0.391 e. The molecule has 0 atom stereocenters. The quantitative estimate of drug-likeness (QED) is 0.473. The van der Waals surface area contributed by atoms with Crippen LogP contribution in [0.25, 0.3) is 0 Å². The lowest BCUT2D eigenvalue weighted by molar-refractivity contribution is 0.816. The Morgan fingerprint density at radius 2 is 1.83 bits per heavy atom. The Morgan fingerprint density at radius 1 is 1.33 bits per heavy atom. The molecule has 1 rings (SSSR count). The number of rotatable bonds is 0. The van der Waals surface area contributed by atoms with E-state index < -0.39 is 11.2 Å². The number of hydrogen-bond acceptors (Lipinski definition) is 4. The van der Waals surface area contributed by atoms with Gasteiger partial charge in [0.1, 0.15) is 11.5 Å². The summed E-state index contributed by atoms with van der Waals surface area (Å²) in [7, 11) is 1.42. The molecule has 7 heteroatoms. The van der Waals surface area contributed by atoms with Gasteiger partial charge in [0.2, 0.25) is 0 Å². The van der Waals surface area contributed by atoms with E-state index in [1.807, 2.05) is 4.98 Å². The number of nitrogen functional groups attached to an aromatic ring is 2. The predicted molar refractivity (Wildman–Crippen MR) is 48.4 cm³/mol. The van der Waals surface area contributed by atoms with Crippen molar-refractivity contribution in [3.8, 4) is 0 Å². The molecule has 0 saturated heterocycles. The van der Waals surface area contributed by atoms with Crippen LogP contribution in [-0.2, 0) is 7.05 Å². The zero-order valence-corrected chi connectivity index (χ0v) is 7.14. The van der Waals surface area contributed by atoms with E-state index in [0.29, 0.717) is 0 Å². The number of aromatic amines is 1. The second-order valence-corrected chi connectivity index (χ2v) is 2.12. The molecule has 1 aromatic heterocycles. The maximum absolute atomic E-state index is 10.8. The Morgan fingerprint density at radius 3 is 2.33 bits per heavy atom. The highest BCUT2D eigenvalue weighted by Crippen LogP contribution is 2.00. The second-order valence-electron chi connectivity index (χ2n) is 2.12. The van der Waals surface area contributed by atoms with E-state index in [0.717, 1.165) is 4.57 Å². The highest BCUT2D eigenvalue weighted by Gasteiger charge is 2.03. The second kappa shape index (κ2) is 3.31. The molecule has 0 aromatic carbocycles. The maximum atomic E-state index is 10.8. The number of nitrogens with one attached hydrogen (secondary N) is 1. The van der Waals surface area contributed by atoms with Gasteiger partial charge >= 0.3 is 5.69 Å². The van der Waals surface area contributed by atoms with Gasteiger partial charge < -0.3 is 11.5 Å². The molecule has 0 saturated carbocycles. The van der Waals surface area contributed by atoms with Crippen LogP contribution in [0, 0.1) is 0 Å². The standard InChI is InChI=1S/C5H8N4O2.ClH/c1-9-3(7)2(6)4(10)8-5(9)11;/h6-7H2,1H3,(H,8,10,11);1H. The topological polar surface area (TPSA) is 107 Å². The lowest BCUT2D eigenvalue weighted by Crippen LogP contribution is -2.32. The van der Waals surface area contributed by atoms with Crippen molar-refractivity contribution in [2.24, 2.45) is 7.05 Å². The molecule has 0 fully saturated rings. The monoisotopic (exact) mass is 192 g/mol. The van der Waals surface area contributed by atoms with Gasteiger partial charge in [-0.1, -0.05) is 0 Å². The van der Waals surface area contributed by atoms with Crippen LogP contribution < -0.4 is 22.7 Å². The molecule has 68 valence electrons. The van der Waals surface area contributed by atoms with Crippen LogP contribution in [0.1, 0.15) is 0 Å². The molecule has 0 aliphatic rings. The lowest BCUT2D eigenvalue weighted by atomic mass is 10.5. The van der Waals surface area contributed by atoms with Gasteiger partial charge in [-0.15, -0.1) is 12.4 Å². The number of hydrogen-bond donors (Lipinski definition) is 3. The highest BCUT2D eigenvalue weighted by molar-refractivity contribution is 5.85. The Bertz CT molecular complexity index is 359. The first-order valence-corrected chi connectivity index (χ1v) is 2.88. The van der Waals surface area contributed by atoms with Gasteiger partial charge in [0.15, 0.2) is 0 Å². The van der Waals surface area contributed by atoms with Crippen LogP contribution in [-0.4, -0.2) is 9.55 Å². The molecule has 6 nitrogen and oxygen atoms in total. The zero-order valence-electron chi connectivity index (χ0n) is 6.33. The van der Waals surface area contributed by atoms with Crippen molar-refractivity contribution in [3.63, 3.8) is 0 Å². The summed E-state index contributed by atoms with van der Waals surface area (Å²) < 4.78 is 1.07. The van der Waals surface area contributed by atoms with E-state index in [9.17, 15) is 9.59 Å². The molecular formula is C5H9ClN4O2. The molecule has 0 bridgehead atoms. The van der Waals surface area contributed by atoms with Crippen LogP contribution in [0.5, 0.6) is 0 Å². The van der Waals surface area contributed by atoms with Gasteiger partial charge in [0.05, 0.1) is 0 Å². The number of nitrogens with zero attached hydrogens (tertiary/aromatic N) is 1. The minimum absolute atomic E-state index is 0. The summed E-state index contributed by atoms with van der Waals surface area (Å²) >= 11 is 0. The number of H-pyrrole nitrogens is 1. The fraction of sp³-hybridized carbons (Fsp3) is 0.200. The van der Waals surface area contributed by atoms with Crippen molar-refractivity contribution in [2.75, 3.05) is 11.5 Å². The molecule has 1 aromatic rings. The SMILES string of the molecule is Cl.Cn1c(N)c(N)c(=O)[nH]c1=O. The van der Waals surface area contributed by atoms with E-state index in [1.165, 1.54) is 7.05 Å². The van der Waals surface area contributed by atoms with Crippen molar-refractivity contribution >= 4 is 23.9 Å². The molecule has 5 N–H and O–H groups in total. The maximum Gasteiger partial charge on any atom is 0.329 e. The average molecular weight is 193 g/mol. The Labute approximate surface area is 73.6 Å². The first kappa shape index (κ1) is 10.6. The van der Waals surface area contributed by atoms with Gasteiger partial charge in [0.25, 0.3) is 5.56 Å². The van der Waals surface area contributed by atoms with Gasteiger partial charge in [-0.2, -0.15) is 0 Å². The van der Waals surface area contributed by atoms with E-state index in [4.69, 9.17) is 11.5 Å². The van der Waals surface area contributed by atoms with Gasteiger partial charge in [-0.3, -0.25) is 14.3 Å². The number of anilines is 2. The summed E-state index contributed by atoms with van der Waals surface area (Å²) in [6.45, 7) is 0. The molecule has 12 heavy (non-hydrogen) atoms. The molecule has 0 amide bonds. The Hall–Kier alpha value is -1.43. The van der Waals surface area contributed by atoms with Gasteiger partial charge in [-0.05, 0) is 0 Å². The molecule has 0 aliphatic carbocycles. The molecule has 0 radical (unpaired) electrons. The third kappa shape index (κ3) is 1.42. The van der Waals surface area contributed by atoms with Crippen LogP contribution in [0.2, 0.25) is 0 Å². The van der Waals surface area contributed by atoms with E-state index in [2.05, 4.69) is 0 Å². The summed E-state index contributed by atoms with van der Waals surface area (Å²) in [6.07, 6.45) is 0. The fourth-order valence-corrected chi connectivity index (χ4v) is 0.655. The first-order valence-electron chi connectivity index (χ1n) is 2.88.